The fraction of sp³-hybridized carbons (Fsp3) is 0.250. The molecule has 6 heteroatoms. The monoisotopic (exact) mass is 373 g/mol. The van der Waals surface area contributed by atoms with Crippen molar-refractivity contribution in [2.24, 2.45) is 0 Å². The van der Waals surface area contributed by atoms with Crippen molar-refractivity contribution in [3.63, 3.8) is 0 Å². The number of hydrogen-bond acceptors (Lipinski definition) is 4. The molecule has 5 nitrogen and oxygen atoms in total. The predicted molar refractivity (Wildman–Crippen MR) is 98.9 cm³/mol. The van der Waals surface area contributed by atoms with E-state index in [1.807, 2.05) is 30.3 Å². The van der Waals surface area contributed by atoms with Gasteiger partial charge in [0.15, 0.2) is 12.4 Å². The number of carbonyl (C=O) groups is 3. The standard InChI is InChI=1S/C20H20ClNO4/c1-14(23)18(11-15-7-3-2-4-8-15)22-19(24)13-26-20(25)12-16-9-5-6-10-17(16)21/h2-10,18H,11-13H2,1H3,(H,22,24)/t18-/m0/s1. The predicted octanol–water partition coefficient (Wildman–Crippen LogP) is 2.74. The van der Waals surface area contributed by atoms with E-state index in [2.05, 4.69) is 5.32 Å². The summed E-state index contributed by atoms with van der Waals surface area (Å²) in [6.45, 7) is 0.971. The van der Waals surface area contributed by atoms with Crippen LogP contribution in [0.2, 0.25) is 5.02 Å². The van der Waals surface area contributed by atoms with Gasteiger partial charge in [-0.2, -0.15) is 0 Å². The molecule has 0 heterocycles. The molecule has 2 aromatic rings. The Morgan fingerprint density at radius 3 is 2.35 bits per heavy atom. The third kappa shape index (κ3) is 6.33. The molecule has 0 fully saturated rings. The summed E-state index contributed by atoms with van der Waals surface area (Å²) in [6, 6.07) is 15.6. The number of ether oxygens (including phenoxy) is 1. The summed E-state index contributed by atoms with van der Waals surface area (Å²) in [7, 11) is 0. The molecule has 0 saturated carbocycles. The van der Waals surface area contributed by atoms with Gasteiger partial charge in [0.25, 0.3) is 5.91 Å². The second-order valence-corrected chi connectivity index (χ2v) is 6.26. The van der Waals surface area contributed by atoms with Crippen molar-refractivity contribution in [3.8, 4) is 0 Å². The van der Waals surface area contributed by atoms with Gasteiger partial charge in [0.1, 0.15) is 0 Å². The Hall–Kier alpha value is -2.66. The fourth-order valence-corrected chi connectivity index (χ4v) is 2.58. The molecule has 0 aliphatic rings. The summed E-state index contributed by atoms with van der Waals surface area (Å²) >= 11 is 5.99. The average molecular weight is 374 g/mol. The van der Waals surface area contributed by atoms with E-state index in [0.29, 0.717) is 17.0 Å². The lowest BCUT2D eigenvalue weighted by Crippen LogP contribution is -2.43. The maximum Gasteiger partial charge on any atom is 0.310 e. The highest BCUT2D eigenvalue weighted by molar-refractivity contribution is 6.31. The molecule has 0 saturated heterocycles. The fourth-order valence-electron chi connectivity index (χ4n) is 2.38. The Labute approximate surface area is 157 Å². The number of rotatable bonds is 8. The number of hydrogen-bond donors (Lipinski definition) is 1. The first kappa shape index (κ1) is 19.7. The van der Waals surface area contributed by atoms with Gasteiger partial charge in [-0.25, -0.2) is 0 Å². The van der Waals surface area contributed by atoms with E-state index < -0.39 is 24.5 Å². The first-order valence-electron chi connectivity index (χ1n) is 8.18. The third-order valence-corrected chi connectivity index (χ3v) is 4.13. The van der Waals surface area contributed by atoms with Crippen molar-refractivity contribution in [2.75, 3.05) is 6.61 Å². The number of benzene rings is 2. The molecular formula is C20H20ClNO4. The van der Waals surface area contributed by atoms with Crippen LogP contribution in [0.15, 0.2) is 54.6 Å². The second-order valence-electron chi connectivity index (χ2n) is 5.85. The van der Waals surface area contributed by atoms with Gasteiger partial charge in [0.05, 0.1) is 12.5 Å². The van der Waals surface area contributed by atoms with Crippen molar-refractivity contribution in [3.05, 3.63) is 70.7 Å². The Balaban J connectivity index is 1.83. The molecule has 26 heavy (non-hydrogen) atoms. The smallest absolute Gasteiger partial charge is 0.310 e. The van der Waals surface area contributed by atoms with Gasteiger partial charge >= 0.3 is 5.97 Å². The number of Topliss-reactive ketones (excluding diaryl/α,β-unsaturated/α-hetero) is 1. The second kappa shape index (κ2) is 9.73. The van der Waals surface area contributed by atoms with Gasteiger partial charge in [-0.3, -0.25) is 14.4 Å². The molecule has 1 N–H and O–H groups in total. The molecule has 1 atom stereocenters. The molecule has 1 amide bonds. The van der Waals surface area contributed by atoms with E-state index >= 15 is 0 Å². The first-order valence-corrected chi connectivity index (χ1v) is 8.56. The Kier molecular flexibility index (Phi) is 7.36. The van der Waals surface area contributed by atoms with E-state index in [9.17, 15) is 14.4 Å². The number of halogens is 1. The van der Waals surface area contributed by atoms with E-state index in [0.717, 1.165) is 5.56 Å². The number of nitrogens with one attached hydrogen (secondary N) is 1. The van der Waals surface area contributed by atoms with E-state index in [-0.39, 0.29) is 12.2 Å². The lowest BCUT2D eigenvalue weighted by Gasteiger charge is -2.16. The van der Waals surface area contributed by atoms with Crippen LogP contribution in [0.1, 0.15) is 18.1 Å². The largest absolute Gasteiger partial charge is 0.455 e. The van der Waals surface area contributed by atoms with Gasteiger partial charge in [-0.05, 0) is 30.5 Å². The van der Waals surface area contributed by atoms with Gasteiger partial charge in [0, 0.05) is 5.02 Å². The van der Waals surface area contributed by atoms with Crippen LogP contribution in [0.3, 0.4) is 0 Å². The highest BCUT2D eigenvalue weighted by Crippen LogP contribution is 2.15. The number of ketones is 1. The molecule has 0 radical (unpaired) electrons. The topological polar surface area (TPSA) is 72.5 Å². The quantitative estimate of drug-likeness (QED) is 0.722. The lowest BCUT2D eigenvalue weighted by atomic mass is 10.0. The zero-order valence-corrected chi connectivity index (χ0v) is 15.2. The van der Waals surface area contributed by atoms with Crippen molar-refractivity contribution in [2.45, 2.75) is 25.8 Å². The molecule has 0 unspecified atom stereocenters. The summed E-state index contributed by atoms with van der Waals surface area (Å²) in [6.07, 6.45) is 0.364. The van der Waals surface area contributed by atoms with Gasteiger partial charge in [0.2, 0.25) is 0 Å². The zero-order valence-electron chi connectivity index (χ0n) is 14.4. The van der Waals surface area contributed by atoms with Crippen molar-refractivity contribution in [1.82, 2.24) is 5.32 Å². The average Bonchev–Trinajstić information content (AvgIpc) is 2.62. The Bertz CT molecular complexity index is 776. The van der Waals surface area contributed by atoms with E-state index in [4.69, 9.17) is 16.3 Å². The van der Waals surface area contributed by atoms with Crippen molar-refractivity contribution >= 4 is 29.3 Å². The van der Waals surface area contributed by atoms with Crippen LogP contribution in [0.4, 0.5) is 0 Å². The van der Waals surface area contributed by atoms with E-state index in [1.54, 1.807) is 24.3 Å². The molecule has 0 aliphatic carbocycles. The summed E-state index contributed by atoms with van der Waals surface area (Å²) in [5.74, 6) is -1.24. The summed E-state index contributed by atoms with van der Waals surface area (Å²) < 4.78 is 4.97. The molecule has 0 bridgehead atoms. The molecular weight excluding hydrogens is 354 g/mol. The van der Waals surface area contributed by atoms with Crippen LogP contribution in [0, 0.1) is 0 Å². The molecule has 0 aliphatic heterocycles. The molecule has 2 aromatic carbocycles. The molecule has 2 rings (SSSR count). The Morgan fingerprint density at radius 1 is 1.04 bits per heavy atom. The van der Waals surface area contributed by atoms with Crippen LogP contribution < -0.4 is 5.32 Å². The van der Waals surface area contributed by atoms with Gasteiger partial charge in [-0.15, -0.1) is 0 Å². The van der Waals surface area contributed by atoms with Gasteiger partial charge in [-0.1, -0.05) is 60.1 Å². The molecule has 0 aromatic heterocycles. The highest BCUT2D eigenvalue weighted by atomic mass is 35.5. The molecule has 0 spiro atoms. The Morgan fingerprint density at radius 2 is 1.69 bits per heavy atom. The summed E-state index contributed by atoms with van der Waals surface area (Å²) in [5, 5.41) is 3.07. The van der Waals surface area contributed by atoms with Crippen LogP contribution in [-0.4, -0.2) is 30.3 Å². The third-order valence-electron chi connectivity index (χ3n) is 3.77. The van der Waals surface area contributed by atoms with Crippen LogP contribution in [-0.2, 0) is 32.0 Å². The van der Waals surface area contributed by atoms with Crippen LogP contribution >= 0.6 is 11.6 Å². The summed E-state index contributed by atoms with van der Waals surface area (Å²) in [5.41, 5.74) is 1.56. The summed E-state index contributed by atoms with van der Waals surface area (Å²) in [4.78, 5) is 35.6. The SMILES string of the molecule is CC(=O)[C@H](Cc1ccccc1)NC(=O)COC(=O)Cc1ccccc1Cl. The minimum atomic E-state index is -0.660. The van der Waals surface area contributed by atoms with Crippen LogP contribution in [0.25, 0.3) is 0 Å². The highest BCUT2D eigenvalue weighted by Gasteiger charge is 2.18. The lowest BCUT2D eigenvalue weighted by molar-refractivity contribution is -0.148. The van der Waals surface area contributed by atoms with Crippen molar-refractivity contribution in [1.29, 1.82) is 0 Å². The number of esters is 1. The molecule has 136 valence electrons. The maximum absolute atomic E-state index is 12.0. The number of amides is 1. The normalized spacial score (nSPS) is 11.5. The van der Waals surface area contributed by atoms with Gasteiger partial charge < -0.3 is 10.1 Å². The van der Waals surface area contributed by atoms with Crippen LogP contribution in [0.5, 0.6) is 0 Å². The minimum absolute atomic E-state index is 0.0207. The maximum atomic E-state index is 12.0. The minimum Gasteiger partial charge on any atom is -0.455 e. The van der Waals surface area contributed by atoms with E-state index in [1.165, 1.54) is 6.92 Å². The first-order chi connectivity index (χ1) is 12.5. The van der Waals surface area contributed by atoms with Crippen molar-refractivity contribution < 1.29 is 19.1 Å². The number of carbonyl (C=O) groups excluding carboxylic acids is 3. The zero-order chi connectivity index (χ0) is 18.9.